The summed E-state index contributed by atoms with van der Waals surface area (Å²) in [6.07, 6.45) is 3.61. The molecule has 0 atom stereocenters. The Morgan fingerprint density at radius 2 is 1.40 bits per heavy atom. The Morgan fingerprint density at radius 3 is 2.00 bits per heavy atom. The number of nitrogens with zero attached hydrogens (tertiary/aromatic N) is 5. The lowest BCUT2D eigenvalue weighted by atomic mass is 10.2. The number of carbonyl (C=O) groups excluding carboxylic acids is 5. The molecular formula is C27H38N12O8. The third kappa shape index (κ3) is 11.1. The van der Waals surface area contributed by atoms with Gasteiger partial charge >= 0.3 is 18.1 Å². The number of carbonyl (C=O) groups is 6. The van der Waals surface area contributed by atoms with E-state index in [4.69, 9.17) is 9.84 Å². The van der Waals surface area contributed by atoms with Crippen LogP contribution in [0.1, 0.15) is 54.7 Å². The van der Waals surface area contributed by atoms with E-state index in [-0.39, 0.29) is 43.4 Å². The van der Waals surface area contributed by atoms with Crippen LogP contribution < -0.4 is 37.4 Å². The number of hydrogen-bond donors (Lipinski definition) is 8. The molecule has 0 spiro atoms. The topological polar surface area (TPSA) is 257 Å². The lowest BCUT2D eigenvalue weighted by Crippen LogP contribution is -2.48. The van der Waals surface area contributed by atoms with Gasteiger partial charge in [0.25, 0.3) is 5.91 Å². The van der Waals surface area contributed by atoms with Gasteiger partial charge in [0.15, 0.2) is 11.6 Å². The lowest BCUT2D eigenvalue weighted by molar-refractivity contribution is -0.116. The number of aryl methyl sites for hydroxylation is 3. The van der Waals surface area contributed by atoms with Crippen molar-refractivity contribution in [2.24, 2.45) is 21.1 Å². The van der Waals surface area contributed by atoms with Crippen LogP contribution in [0.15, 0.2) is 24.7 Å². The van der Waals surface area contributed by atoms with E-state index in [1.165, 1.54) is 17.8 Å². The first kappa shape index (κ1) is 35.4. The molecule has 0 aliphatic carbocycles. The van der Waals surface area contributed by atoms with E-state index in [0.717, 1.165) is 0 Å². The standard InChI is InChI=1S/C27H38N12O8/c1-27(2,3)47-26(46)36-35-25(45)29-10-8-20(41)32-18-14-39(6)24(34-18)30-15-11-16(37(4)12-15)22(42)28-9-7-19(40)31-17-13-38(5)21(33-17)23(43)44/h11-14H,7-10H2,1-6H3,(H,28,42)(H,30,34)(H,31,40)(H,32,41)(H,36,46)(H,43,44)(H2,29,35,45). The second-order valence-corrected chi connectivity index (χ2v) is 11.1. The zero-order valence-electron chi connectivity index (χ0n) is 26.7. The molecule has 6 amide bonds. The van der Waals surface area contributed by atoms with Crippen molar-refractivity contribution in [1.82, 2.24) is 45.2 Å². The number of aromatic carboxylic acids is 1. The summed E-state index contributed by atoms with van der Waals surface area (Å²) in [7, 11) is 4.85. The minimum atomic E-state index is -1.23. The third-order valence-corrected chi connectivity index (χ3v) is 5.92. The molecule has 3 rings (SSSR count). The number of carboxylic acids is 1. The van der Waals surface area contributed by atoms with Crippen molar-refractivity contribution in [2.75, 3.05) is 29.0 Å². The van der Waals surface area contributed by atoms with Crippen LogP contribution in [0.5, 0.6) is 0 Å². The van der Waals surface area contributed by atoms with E-state index in [1.807, 2.05) is 0 Å². The van der Waals surface area contributed by atoms with Gasteiger partial charge in [-0.2, -0.15) is 4.98 Å². The van der Waals surface area contributed by atoms with Gasteiger partial charge in [0.05, 0.1) is 5.69 Å². The Bertz CT molecular complexity index is 1650. The molecule has 0 unspecified atom stereocenters. The molecule has 0 radical (unpaired) electrons. The highest BCUT2D eigenvalue weighted by Crippen LogP contribution is 2.20. The van der Waals surface area contributed by atoms with Crippen LogP contribution in [0.2, 0.25) is 0 Å². The molecule has 3 aromatic heterocycles. The summed E-state index contributed by atoms with van der Waals surface area (Å²) in [6.45, 7) is 5.02. The number of rotatable bonds is 12. The number of carboxylic acid groups (broad SMARTS) is 1. The quantitative estimate of drug-likeness (QED) is 0.126. The molecule has 0 saturated carbocycles. The normalized spacial score (nSPS) is 10.9. The smallest absolute Gasteiger partial charge is 0.426 e. The zero-order chi connectivity index (χ0) is 34.9. The average Bonchev–Trinajstić information content (AvgIpc) is 3.62. The summed E-state index contributed by atoms with van der Waals surface area (Å²) >= 11 is 0. The molecule has 3 heterocycles. The Labute approximate surface area is 268 Å². The summed E-state index contributed by atoms with van der Waals surface area (Å²) in [5.74, 6) is -2.08. The highest BCUT2D eigenvalue weighted by atomic mass is 16.6. The number of ether oxygens (including phenoxy) is 1. The summed E-state index contributed by atoms with van der Waals surface area (Å²) in [6, 6.07) is 0.852. The number of nitrogens with one attached hydrogen (secondary N) is 7. The van der Waals surface area contributed by atoms with E-state index >= 15 is 0 Å². The molecule has 8 N–H and O–H groups in total. The van der Waals surface area contributed by atoms with Crippen LogP contribution in [0.3, 0.4) is 0 Å². The van der Waals surface area contributed by atoms with Gasteiger partial charge in [0.2, 0.25) is 23.6 Å². The second kappa shape index (κ2) is 15.3. The predicted molar refractivity (Wildman–Crippen MR) is 167 cm³/mol. The van der Waals surface area contributed by atoms with E-state index in [0.29, 0.717) is 17.3 Å². The molecule has 3 aromatic rings. The first-order valence-corrected chi connectivity index (χ1v) is 14.1. The first-order valence-electron chi connectivity index (χ1n) is 14.1. The number of anilines is 4. The van der Waals surface area contributed by atoms with Gasteiger partial charge in [0.1, 0.15) is 11.3 Å². The number of amides is 6. The molecule has 0 saturated heterocycles. The minimum absolute atomic E-state index is 0.0167. The van der Waals surface area contributed by atoms with Gasteiger partial charge in [-0.25, -0.2) is 30.2 Å². The van der Waals surface area contributed by atoms with Gasteiger partial charge in [-0.3, -0.25) is 14.4 Å². The average molecular weight is 659 g/mol. The molecule has 254 valence electrons. The van der Waals surface area contributed by atoms with Crippen molar-refractivity contribution >= 4 is 59.1 Å². The summed E-state index contributed by atoms with van der Waals surface area (Å²) in [5, 5.41) is 22.3. The maximum atomic E-state index is 12.7. The monoisotopic (exact) mass is 658 g/mol. The van der Waals surface area contributed by atoms with E-state index in [9.17, 15) is 28.8 Å². The Balaban J connectivity index is 1.42. The Hall–Kier alpha value is -6.08. The van der Waals surface area contributed by atoms with Crippen LogP contribution in [0.4, 0.5) is 32.9 Å². The number of urea groups is 1. The van der Waals surface area contributed by atoms with Gasteiger partial charge < -0.3 is 50.1 Å². The molecule has 0 bridgehead atoms. The van der Waals surface area contributed by atoms with Crippen LogP contribution in [-0.4, -0.2) is 83.3 Å². The van der Waals surface area contributed by atoms with Crippen molar-refractivity contribution in [1.29, 1.82) is 0 Å². The number of hydrazine groups is 1. The molecule has 0 aliphatic rings. The number of aromatic nitrogens is 5. The predicted octanol–water partition coefficient (Wildman–Crippen LogP) is 0.760. The van der Waals surface area contributed by atoms with Gasteiger partial charge in [-0.1, -0.05) is 0 Å². The second-order valence-electron chi connectivity index (χ2n) is 11.1. The van der Waals surface area contributed by atoms with Gasteiger partial charge in [-0.15, -0.1) is 0 Å². The zero-order valence-corrected chi connectivity index (χ0v) is 26.7. The maximum absolute atomic E-state index is 12.7. The van der Waals surface area contributed by atoms with Gasteiger partial charge in [-0.05, 0) is 26.8 Å². The summed E-state index contributed by atoms with van der Waals surface area (Å²) in [5.41, 5.74) is 4.29. The Kier molecular flexibility index (Phi) is 11.5. The van der Waals surface area contributed by atoms with Crippen molar-refractivity contribution in [3.63, 3.8) is 0 Å². The fourth-order valence-electron chi connectivity index (χ4n) is 3.89. The van der Waals surface area contributed by atoms with E-state index < -0.39 is 41.4 Å². The summed E-state index contributed by atoms with van der Waals surface area (Å²) < 4.78 is 9.46. The molecule has 20 heteroatoms. The molecule has 20 nitrogen and oxygen atoms in total. The fraction of sp³-hybridized carbons (Fsp3) is 0.407. The van der Waals surface area contributed by atoms with Crippen molar-refractivity contribution in [3.05, 3.63) is 36.2 Å². The van der Waals surface area contributed by atoms with Crippen molar-refractivity contribution < 1.29 is 38.6 Å². The highest BCUT2D eigenvalue weighted by Gasteiger charge is 2.18. The van der Waals surface area contributed by atoms with Crippen LogP contribution >= 0.6 is 0 Å². The van der Waals surface area contributed by atoms with Crippen molar-refractivity contribution in [3.8, 4) is 0 Å². The van der Waals surface area contributed by atoms with Crippen LogP contribution in [0, 0.1) is 0 Å². The van der Waals surface area contributed by atoms with E-state index in [1.54, 1.807) is 62.5 Å². The summed E-state index contributed by atoms with van der Waals surface area (Å²) in [4.78, 5) is 79.9. The molecule has 0 aromatic carbocycles. The minimum Gasteiger partial charge on any atom is -0.475 e. The molecular weight excluding hydrogens is 620 g/mol. The number of imidazole rings is 2. The molecule has 47 heavy (non-hydrogen) atoms. The Morgan fingerprint density at radius 1 is 0.809 bits per heavy atom. The van der Waals surface area contributed by atoms with E-state index in [2.05, 4.69) is 47.4 Å². The highest BCUT2D eigenvalue weighted by molar-refractivity contribution is 5.95. The van der Waals surface area contributed by atoms with Crippen LogP contribution in [0.25, 0.3) is 0 Å². The van der Waals surface area contributed by atoms with Crippen LogP contribution in [-0.2, 0) is 35.5 Å². The SMILES string of the molecule is Cn1cc(Nc2nc(NC(=O)CCNC(=O)NNC(=O)OC(C)(C)C)cn2C)cc1C(=O)NCCC(=O)Nc1cn(C)c(C(=O)O)n1. The first-order chi connectivity index (χ1) is 22.0. The molecule has 0 fully saturated rings. The fourth-order valence-corrected chi connectivity index (χ4v) is 3.89. The largest absolute Gasteiger partial charge is 0.475 e. The maximum Gasteiger partial charge on any atom is 0.426 e. The van der Waals surface area contributed by atoms with Gasteiger partial charge in [0, 0.05) is 65.7 Å². The molecule has 0 aliphatic heterocycles. The van der Waals surface area contributed by atoms with Crippen molar-refractivity contribution in [2.45, 2.75) is 39.2 Å². The lowest BCUT2D eigenvalue weighted by Gasteiger charge is -2.19. The third-order valence-electron chi connectivity index (χ3n) is 5.92. The number of hydrogen-bond acceptors (Lipinski definition) is 10.